The van der Waals surface area contributed by atoms with Gasteiger partial charge in [0.15, 0.2) is 0 Å². The van der Waals surface area contributed by atoms with E-state index in [1.807, 2.05) is 106 Å². The van der Waals surface area contributed by atoms with E-state index in [2.05, 4.69) is 20.6 Å². The molecule has 1 saturated heterocycles. The molecule has 1 unspecified atom stereocenters. The first-order valence-corrected chi connectivity index (χ1v) is 20.8. The van der Waals surface area contributed by atoms with Crippen molar-refractivity contribution in [3.63, 3.8) is 0 Å². The lowest BCUT2D eigenvalue weighted by molar-refractivity contribution is -0.131. The summed E-state index contributed by atoms with van der Waals surface area (Å²) in [5, 5.41) is 28.2. The third-order valence-corrected chi connectivity index (χ3v) is 11.3. The fraction of sp³-hybridized carbons (Fsp3) is 0.426. The van der Waals surface area contributed by atoms with Crippen molar-refractivity contribution in [1.82, 2.24) is 35.3 Å². The Bertz CT molecular complexity index is 2130. The van der Waals surface area contributed by atoms with E-state index >= 15 is 0 Å². The van der Waals surface area contributed by atoms with Crippen LogP contribution in [-0.4, -0.2) is 109 Å². The molecule has 324 valence electrons. The Hall–Kier alpha value is -6.15. The van der Waals surface area contributed by atoms with Crippen molar-refractivity contribution >= 4 is 29.8 Å². The average molecular weight is 834 g/mol. The number of nitrogens with zero attached hydrogens (tertiary/aromatic N) is 5. The molecule has 4 aromatic rings. The van der Waals surface area contributed by atoms with Crippen LogP contribution in [0.5, 0.6) is 0 Å². The van der Waals surface area contributed by atoms with Crippen LogP contribution in [0.25, 0.3) is 11.3 Å². The van der Waals surface area contributed by atoms with E-state index in [1.165, 1.54) is 11.9 Å². The number of hydrogen-bond donors (Lipinski definition) is 4. The van der Waals surface area contributed by atoms with Gasteiger partial charge in [0.2, 0.25) is 11.8 Å². The first-order valence-electron chi connectivity index (χ1n) is 20.8. The van der Waals surface area contributed by atoms with Gasteiger partial charge in [0.05, 0.1) is 30.1 Å². The van der Waals surface area contributed by atoms with Gasteiger partial charge in [-0.1, -0.05) is 108 Å². The standard InChI is InChI=1S/C47H59N7O7/c1-8-30(2)41(54-29-40(56)53(45(54)59)28-35-18-14-15-31(3)49-35)43(57)50-36(25-32-16-10-9-11-17-32)27-39(55)38(51-44(58)42(47(4,5)6)52(7)46(60)61)26-33-20-22-34(23-21-33)37-19-12-13-24-48-37/h9-24,30,36,38-39,41-42,55H,8,25-29H2,1-7H3,(H,50,57)(H,51,58)(H,60,61)/t30?,36-,38-,39-,41-,42+/m0/s1. The second kappa shape index (κ2) is 20.4. The number of carboxylic acid groups (broad SMARTS) is 1. The number of pyridine rings is 2. The molecule has 4 N–H and O–H groups in total. The number of amides is 6. The van der Waals surface area contributed by atoms with Crippen LogP contribution < -0.4 is 10.6 Å². The molecule has 14 heteroatoms. The summed E-state index contributed by atoms with van der Waals surface area (Å²) in [6.45, 7) is 10.6. The van der Waals surface area contributed by atoms with E-state index < -0.39 is 65.5 Å². The molecular formula is C47H59N7O7. The highest BCUT2D eigenvalue weighted by Gasteiger charge is 2.45. The zero-order valence-electron chi connectivity index (χ0n) is 36.1. The van der Waals surface area contributed by atoms with E-state index in [9.17, 15) is 34.2 Å². The zero-order chi connectivity index (χ0) is 44.4. The smallest absolute Gasteiger partial charge is 0.407 e. The summed E-state index contributed by atoms with van der Waals surface area (Å²) in [4.78, 5) is 80.3. The van der Waals surface area contributed by atoms with Gasteiger partial charge in [0.1, 0.15) is 18.6 Å². The number of imide groups is 1. The van der Waals surface area contributed by atoms with E-state index in [-0.39, 0.29) is 31.8 Å². The molecule has 0 aliphatic carbocycles. The third kappa shape index (κ3) is 12.0. The number of aromatic nitrogens is 2. The fourth-order valence-electron chi connectivity index (χ4n) is 7.95. The van der Waals surface area contributed by atoms with Gasteiger partial charge in [-0.05, 0) is 72.9 Å². The van der Waals surface area contributed by atoms with E-state index in [0.717, 1.165) is 37.9 Å². The normalized spacial score (nSPS) is 16.0. The molecule has 1 aliphatic heterocycles. The first kappa shape index (κ1) is 45.9. The maximum Gasteiger partial charge on any atom is 0.407 e. The zero-order valence-corrected chi connectivity index (χ0v) is 36.1. The SMILES string of the molecule is CCC(C)[C@@H](C(=O)N[C@@H](Cc1ccccc1)C[C@H](O)[C@H](Cc1ccc(-c2ccccn2)cc1)NC(=O)[C@@H](N(C)C(=O)O)C(C)(C)C)N1CC(=O)N(Cc2cccc(C)n2)C1=O. The van der Waals surface area contributed by atoms with Crippen LogP contribution in [0.3, 0.4) is 0 Å². The molecule has 2 aromatic heterocycles. The molecule has 1 aliphatic rings. The van der Waals surface area contributed by atoms with Gasteiger partial charge < -0.3 is 25.7 Å². The Morgan fingerprint density at radius 3 is 2.15 bits per heavy atom. The number of urea groups is 1. The molecule has 0 spiro atoms. The van der Waals surface area contributed by atoms with Crippen molar-refractivity contribution < 1.29 is 34.2 Å². The Morgan fingerprint density at radius 1 is 0.869 bits per heavy atom. The quantitative estimate of drug-likeness (QED) is 0.0892. The third-order valence-electron chi connectivity index (χ3n) is 11.3. The summed E-state index contributed by atoms with van der Waals surface area (Å²) in [6.07, 6.45) is 0.209. The number of benzene rings is 2. The number of aliphatic hydroxyl groups excluding tert-OH is 1. The van der Waals surface area contributed by atoms with Crippen molar-refractivity contribution in [1.29, 1.82) is 0 Å². The van der Waals surface area contributed by atoms with E-state index in [0.29, 0.717) is 18.5 Å². The molecular weight excluding hydrogens is 775 g/mol. The van der Waals surface area contributed by atoms with Crippen LogP contribution in [0.1, 0.15) is 70.0 Å². The number of aryl methyl sites for hydroxylation is 1. The highest BCUT2D eigenvalue weighted by Crippen LogP contribution is 2.27. The molecule has 0 radical (unpaired) electrons. The van der Waals surface area contributed by atoms with Crippen molar-refractivity contribution in [2.24, 2.45) is 11.3 Å². The summed E-state index contributed by atoms with van der Waals surface area (Å²) in [7, 11) is 1.34. The lowest BCUT2D eigenvalue weighted by atomic mass is 9.84. The summed E-state index contributed by atoms with van der Waals surface area (Å²) in [5.74, 6) is -1.81. The number of carbonyl (C=O) groups is 5. The number of aliphatic hydroxyl groups is 1. The average Bonchev–Trinajstić information content (AvgIpc) is 3.48. The van der Waals surface area contributed by atoms with Gasteiger partial charge in [0.25, 0.3) is 5.91 Å². The number of likely N-dealkylation sites (N-methyl/N-ethyl adjacent to an activating group) is 1. The van der Waals surface area contributed by atoms with Crippen molar-refractivity contribution in [2.75, 3.05) is 13.6 Å². The molecule has 6 atom stereocenters. The molecule has 0 saturated carbocycles. The minimum atomic E-state index is -1.27. The van der Waals surface area contributed by atoms with Crippen LogP contribution in [0, 0.1) is 18.3 Å². The molecule has 1 fully saturated rings. The lowest BCUT2D eigenvalue weighted by Gasteiger charge is -2.37. The highest BCUT2D eigenvalue weighted by molar-refractivity contribution is 6.04. The summed E-state index contributed by atoms with van der Waals surface area (Å²) in [6, 6.07) is 23.8. The van der Waals surface area contributed by atoms with Crippen molar-refractivity contribution in [3.8, 4) is 11.3 Å². The van der Waals surface area contributed by atoms with Crippen molar-refractivity contribution in [2.45, 2.75) is 104 Å². The molecule has 14 nitrogen and oxygen atoms in total. The topological polar surface area (TPSA) is 185 Å². The van der Waals surface area contributed by atoms with Crippen LogP contribution in [0.4, 0.5) is 9.59 Å². The molecule has 0 bridgehead atoms. The molecule has 6 amide bonds. The maximum absolute atomic E-state index is 14.5. The second-order valence-corrected chi connectivity index (χ2v) is 17.1. The van der Waals surface area contributed by atoms with Crippen LogP contribution in [0.2, 0.25) is 0 Å². The van der Waals surface area contributed by atoms with Crippen LogP contribution >= 0.6 is 0 Å². The van der Waals surface area contributed by atoms with Gasteiger partial charge in [-0.15, -0.1) is 0 Å². The Balaban J connectivity index is 1.44. The van der Waals surface area contributed by atoms with E-state index in [4.69, 9.17) is 0 Å². The minimum absolute atomic E-state index is 0.0161. The van der Waals surface area contributed by atoms with Gasteiger partial charge in [0, 0.05) is 30.5 Å². The number of rotatable bonds is 18. The minimum Gasteiger partial charge on any atom is -0.465 e. The molecule has 2 aromatic carbocycles. The predicted octanol–water partition coefficient (Wildman–Crippen LogP) is 5.86. The van der Waals surface area contributed by atoms with Crippen molar-refractivity contribution in [3.05, 3.63) is 120 Å². The summed E-state index contributed by atoms with van der Waals surface area (Å²) < 4.78 is 0. The van der Waals surface area contributed by atoms with E-state index in [1.54, 1.807) is 33.0 Å². The first-order chi connectivity index (χ1) is 29.0. The van der Waals surface area contributed by atoms with Gasteiger partial charge >= 0.3 is 12.1 Å². The predicted molar refractivity (Wildman–Crippen MR) is 232 cm³/mol. The lowest BCUT2D eigenvalue weighted by Crippen LogP contribution is -2.58. The maximum atomic E-state index is 14.5. The van der Waals surface area contributed by atoms with Crippen LogP contribution in [0.15, 0.2) is 97.2 Å². The Morgan fingerprint density at radius 2 is 1.54 bits per heavy atom. The largest absolute Gasteiger partial charge is 0.465 e. The highest BCUT2D eigenvalue weighted by atomic mass is 16.4. The second-order valence-electron chi connectivity index (χ2n) is 17.1. The molecule has 61 heavy (non-hydrogen) atoms. The summed E-state index contributed by atoms with van der Waals surface area (Å²) in [5.41, 5.74) is 3.85. The molecule has 3 heterocycles. The van der Waals surface area contributed by atoms with Gasteiger partial charge in [-0.3, -0.25) is 34.2 Å². The monoisotopic (exact) mass is 833 g/mol. The van der Waals surface area contributed by atoms with Gasteiger partial charge in [-0.2, -0.15) is 0 Å². The summed E-state index contributed by atoms with van der Waals surface area (Å²) >= 11 is 0. The number of carbonyl (C=O) groups excluding carboxylic acids is 4. The molecule has 5 rings (SSSR count). The van der Waals surface area contributed by atoms with Crippen LogP contribution in [-0.2, 0) is 33.8 Å². The number of hydrogen-bond acceptors (Lipinski definition) is 8. The Labute approximate surface area is 358 Å². The fourth-order valence-corrected chi connectivity index (χ4v) is 7.95. The number of nitrogens with one attached hydrogen (secondary N) is 2. The Kier molecular flexibility index (Phi) is 15.4. The van der Waals surface area contributed by atoms with Gasteiger partial charge in [-0.25, -0.2) is 9.59 Å².